The first kappa shape index (κ1) is 41.6. The van der Waals surface area contributed by atoms with E-state index in [2.05, 4.69) is 45.1 Å². The second-order valence-corrected chi connectivity index (χ2v) is 14.7. The Morgan fingerprint density at radius 2 is 0.881 bits per heavy atom. The number of guanidine groups is 1. The van der Waals surface area contributed by atoms with E-state index in [9.17, 15) is 0 Å². The zero-order chi connectivity index (χ0) is 31.0. The molecule has 0 heterocycles. The van der Waals surface area contributed by atoms with Crippen LogP contribution in [0.2, 0.25) is 0 Å². The normalized spacial score (nSPS) is 12.5. The van der Waals surface area contributed by atoms with Gasteiger partial charge in [0.1, 0.15) is 0 Å². The highest BCUT2D eigenvalue weighted by molar-refractivity contribution is 7.45. The minimum Gasteiger partial charge on any atom is -0.370 e. The number of unbranched alkanes of at least 4 members (excludes halogenated alkanes) is 22. The van der Waals surface area contributed by atoms with Crippen LogP contribution >= 0.6 is 8.53 Å². The molecule has 42 heavy (non-hydrogen) atoms. The van der Waals surface area contributed by atoms with Gasteiger partial charge in [0.25, 0.3) is 8.53 Å². The summed E-state index contributed by atoms with van der Waals surface area (Å²) in [7, 11) is 5.39. The summed E-state index contributed by atoms with van der Waals surface area (Å²) in [5, 5.41) is 3.24. The van der Waals surface area contributed by atoms with Crippen molar-refractivity contribution in [3.05, 3.63) is 0 Å². The molecule has 0 aliphatic rings. The molecule has 0 spiro atoms. The Hall–Kier alpha value is -0.420. The molecular formula is C35H76N4O2P+. The Bertz CT molecular complexity index is 542. The quantitative estimate of drug-likeness (QED) is 0.0253. The highest BCUT2D eigenvalue weighted by Gasteiger charge is 2.13. The molecule has 0 fully saturated rings. The van der Waals surface area contributed by atoms with Crippen molar-refractivity contribution in [1.82, 2.24) is 5.09 Å². The molecule has 0 rings (SSSR count). The van der Waals surface area contributed by atoms with Crippen molar-refractivity contribution in [3.63, 3.8) is 0 Å². The van der Waals surface area contributed by atoms with E-state index < -0.39 is 8.53 Å². The second kappa shape index (κ2) is 32.0. The van der Waals surface area contributed by atoms with Crippen LogP contribution in [0.3, 0.4) is 0 Å². The van der Waals surface area contributed by atoms with Crippen LogP contribution in [-0.4, -0.2) is 57.9 Å². The van der Waals surface area contributed by atoms with Crippen LogP contribution in [0, 0.1) is 0 Å². The third-order valence-corrected chi connectivity index (χ3v) is 9.13. The highest BCUT2D eigenvalue weighted by Crippen LogP contribution is 2.34. The third-order valence-electron chi connectivity index (χ3n) is 7.89. The molecule has 6 nitrogen and oxygen atoms in total. The molecule has 0 aliphatic carbocycles. The molecule has 0 saturated heterocycles. The van der Waals surface area contributed by atoms with Gasteiger partial charge in [0.15, 0.2) is 5.96 Å². The lowest BCUT2D eigenvalue weighted by Crippen LogP contribution is -2.36. The summed E-state index contributed by atoms with van der Waals surface area (Å²) in [6.07, 6.45) is 33.4. The standard InChI is InChI=1S/C35H76N4O2P/c1-6-8-10-12-14-16-18-20-22-24-26-28-33-40-42(38-35(36)37-31-30-32-39(3,4)5)41-34-29-27-25-23-21-19-17-15-13-11-9-7-2/h6-34H2,1-5H3,(H3,36,37,38)/q+1. The van der Waals surface area contributed by atoms with Crippen molar-refractivity contribution in [2.75, 3.05) is 47.4 Å². The van der Waals surface area contributed by atoms with Crippen LogP contribution in [0.25, 0.3) is 0 Å². The van der Waals surface area contributed by atoms with E-state index in [1.54, 1.807) is 0 Å². The maximum Gasteiger partial charge on any atom is 0.289 e. The van der Waals surface area contributed by atoms with Crippen molar-refractivity contribution in [3.8, 4) is 0 Å². The van der Waals surface area contributed by atoms with Crippen molar-refractivity contribution >= 4 is 14.5 Å². The molecule has 0 aliphatic heterocycles. The minimum absolute atomic E-state index is 0.451. The summed E-state index contributed by atoms with van der Waals surface area (Å²) >= 11 is 0. The molecule has 0 radical (unpaired) electrons. The van der Waals surface area contributed by atoms with Crippen LogP contribution in [-0.2, 0) is 9.05 Å². The minimum atomic E-state index is -1.23. The van der Waals surface area contributed by atoms with Crippen molar-refractivity contribution < 1.29 is 13.5 Å². The van der Waals surface area contributed by atoms with Crippen LogP contribution in [0.1, 0.15) is 174 Å². The van der Waals surface area contributed by atoms with E-state index in [0.29, 0.717) is 5.96 Å². The maximum atomic E-state index is 6.20. The van der Waals surface area contributed by atoms with Gasteiger partial charge in [0.2, 0.25) is 0 Å². The fourth-order valence-corrected chi connectivity index (χ4v) is 6.21. The number of hydrogen-bond donors (Lipinski definition) is 2. The average Bonchev–Trinajstić information content (AvgIpc) is 2.95. The molecule has 0 atom stereocenters. The van der Waals surface area contributed by atoms with Crippen LogP contribution < -0.4 is 10.8 Å². The molecule has 0 aromatic rings. The Kier molecular flexibility index (Phi) is 31.7. The molecule has 0 amide bonds. The molecule has 0 aromatic carbocycles. The monoisotopic (exact) mass is 616 g/mol. The average molecular weight is 616 g/mol. The SMILES string of the molecule is CCCCCCCCCCCCCCOP(NC(N)=NCCC[N+](C)(C)C)OCCCCCCCCCCCCCC. The van der Waals surface area contributed by atoms with Crippen molar-refractivity contribution in [1.29, 1.82) is 0 Å². The zero-order valence-corrected chi connectivity index (χ0v) is 30.1. The number of nitrogens with zero attached hydrogens (tertiary/aromatic N) is 2. The van der Waals surface area contributed by atoms with E-state index in [4.69, 9.17) is 14.8 Å². The smallest absolute Gasteiger partial charge is 0.289 e. The van der Waals surface area contributed by atoms with Gasteiger partial charge in [-0.15, -0.1) is 0 Å². The summed E-state index contributed by atoms with van der Waals surface area (Å²) in [4.78, 5) is 4.52. The topological polar surface area (TPSA) is 68.9 Å². The van der Waals surface area contributed by atoms with E-state index in [-0.39, 0.29) is 0 Å². The number of nitrogens with two attached hydrogens (primary N) is 1. The number of rotatable bonds is 33. The Labute approximate surface area is 265 Å². The first-order valence-electron chi connectivity index (χ1n) is 18.3. The Morgan fingerprint density at radius 3 is 1.21 bits per heavy atom. The van der Waals surface area contributed by atoms with Gasteiger partial charge in [0, 0.05) is 13.0 Å². The Balaban J connectivity index is 4.08. The molecule has 0 unspecified atom stereocenters. The third kappa shape index (κ3) is 34.1. The molecule has 3 N–H and O–H groups in total. The number of aliphatic imine (C=N–C) groups is 1. The van der Waals surface area contributed by atoms with Gasteiger partial charge in [-0.05, 0) is 12.8 Å². The lowest BCUT2D eigenvalue weighted by Gasteiger charge is -2.23. The van der Waals surface area contributed by atoms with Crippen molar-refractivity contribution in [2.45, 2.75) is 174 Å². The van der Waals surface area contributed by atoms with Crippen LogP contribution in [0.15, 0.2) is 4.99 Å². The van der Waals surface area contributed by atoms with E-state index in [0.717, 1.165) is 50.0 Å². The molecule has 252 valence electrons. The fraction of sp³-hybridized carbons (Fsp3) is 0.971. The van der Waals surface area contributed by atoms with Gasteiger partial charge < -0.3 is 19.3 Å². The maximum absolute atomic E-state index is 6.20. The number of nitrogens with one attached hydrogen (secondary N) is 1. The molecular weight excluding hydrogens is 539 g/mol. The Morgan fingerprint density at radius 1 is 0.548 bits per heavy atom. The van der Waals surface area contributed by atoms with E-state index >= 15 is 0 Å². The molecule has 0 saturated carbocycles. The lowest BCUT2D eigenvalue weighted by molar-refractivity contribution is -0.870. The first-order chi connectivity index (χ1) is 20.4. The van der Waals surface area contributed by atoms with E-state index in [1.807, 2.05) is 0 Å². The van der Waals surface area contributed by atoms with Gasteiger partial charge in [-0.2, -0.15) is 0 Å². The van der Waals surface area contributed by atoms with Gasteiger partial charge in [-0.25, -0.2) is 0 Å². The zero-order valence-electron chi connectivity index (χ0n) is 29.2. The summed E-state index contributed by atoms with van der Waals surface area (Å²) in [5.74, 6) is 0.451. The molecule has 0 aromatic heterocycles. The summed E-state index contributed by atoms with van der Waals surface area (Å²) < 4.78 is 13.2. The predicted molar refractivity (Wildman–Crippen MR) is 188 cm³/mol. The van der Waals surface area contributed by atoms with Gasteiger partial charge in [-0.3, -0.25) is 10.1 Å². The van der Waals surface area contributed by atoms with Gasteiger partial charge in [-0.1, -0.05) is 155 Å². The van der Waals surface area contributed by atoms with Crippen LogP contribution in [0.5, 0.6) is 0 Å². The van der Waals surface area contributed by atoms with Crippen molar-refractivity contribution in [2.24, 2.45) is 10.7 Å². The second-order valence-electron chi connectivity index (χ2n) is 13.4. The van der Waals surface area contributed by atoms with Crippen LogP contribution in [0.4, 0.5) is 0 Å². The number of hydrogen-bond acceptors (Lipinski definition) is 3. The fourth-order valence-electron chi connectivity index (χ4n) is 5.16. The summed E-state index contributed by atoms with van der Waals surface area (Å²) in [6, 6.07) is 0. The largest absolute Gasteiger partial charge is 0.370 e. The predicted octanol–water partition coefficient (Wildman–Crippen LogP) is 10.6. The summed E-state index contributed by atoms with van der Waals surface area (Å²) in [5.41, 5.74) is 6.20. The van der Waals surface area contributed by atoms with Gasteiger partial charge >= 0.3 is 0 Å². The van der Waals surface area contributed by atoms with E-state index in [1.165, 1.54) is 141 Å². The number of quaternary nitrogens is 1. The molecule has 7 heteroatoms. The highest BCUT2D eigenvalue weighted by atomic mass is 31.2. The summed E-state index contributed by atoms with van der Waals surface area (Å²) in [6.45, 7) is 7.84. The van der Waals surface area contributed by atoms with Gasteiger partial charge in [0.05, 0.1) is 40.9 Å². The first-order valence-corrected chi connectivity index (χ1v) is 19.5. The molecule has 0 bridgehead atoms. The lowest BCUT2D eigenvalue weighted by atomic mass is 10.1.